The molecule has 0 heterocycles. The molecule has 0 aliphatic rings. The van der Waals surface area contributed by atoms with Crippen molar-refractivity contribution in [2.45, 2.75) is 13.3 Å². The Labute approximate surface area is 119 Å². The molecule has 0 aliphatic carbocycles. The fourth-order valence-electron chi connectivity index (χ4n) is 1.75. The van der Waals surface area contributed by atoms with E-state index in [0.717, 1.165) is 17.7 Å². The van der Waals surface area contributed by atoms with Crippen molar-refractivity contribution in [2.24, 2.45) is 0 Å². The van der Waals surface area contributed by atoms with Crippen LogP contribution >= 0.6 is 11.6 Å². The van der Waals surface area contributed by atoms with Gasteiger partial charge in [0.25, 0.3) is 0 Å². The van der Waals surface area contributed by atoms with E-state index < -0.39 is 17.4 Å². The van der Waals surface area contributed by atoms with Crippen molar-refractivity contribution in [1.82, 2.24) is 0 Å². The zero-order valence-corrected chi connectivity index (χ0v) is 11.4. The number of carbonyl (C=O) groups excluding carboxylic acids is 1. The number of ether oxygens (including phenoxy) is 1. The summed E-state index contributed by atoms with van der Waals surface area (Å²) >= 11 is 5.96. The van der Waals surface area contributed by atoms with Crippen molar-refractivity contribution < 1.29 is 18.3 Å². The molecule has 0 aliphatic heterocycles. The lowest BCUT2D eigenvalue weighted by Gasteiger charge is -2.10. The predicted molar refractivity (Wildman–Crippen MR) is 72.6 cm³/mol. The van der Waals surface area contributed by atoms with Crippen LogP contribution in [0.4, 0.5) is 8.78 Å². The van der Waals surface area contributed by atoms with Crippen molar-refractivity contribution >= 4 is 17.9 Å². The minimum Gasteiger partial charge on any atom is -0.451 e. The minimum atomic E-state index is -0.930. The van der Waals surface area contributed by atoms with Gasteiger partial charge in [-0.2, -0.15) is 0 Å². The molecule has 0 aromatic heterocycles. The fourth-order valence-corrected chi connectivity index (χ4v) is 2.00. The van der Waals surface area contributed by atoms with Gasteiger partial charge in [-0.25, -0.2) is 8.78 Å². The highest BCUT2D eigenvalue weighted by molar-refractivity contribution is 6.31. The number of hydrogen-bond acceptors (Lipinski definition) is 2. The second-order valence-electron chi connectivity index (χ2n) is 4.14. The SMILES string of the molecule is CCc1cc(Oc2c(F)cc(C=O)cc2F)ccc1Cl. The molecular weight excluding hydrogens is 286 g/mol. The van der Waals surface area contributed by atoms with Crippen molar-refractivity contribution in [3.05, 3.63) is 58.1 Å². The topological polar surface area (TPSA) is 26.3 Å². The maximum atomic E-state index is 13.7. The summed E-state index contributed by atoms with van der Waals surface area (Å²) in [5, 5.41) is 0.567. The predicted octanol–water partition coefficient (Wildman–Crippen LogP) is 4.79. The summed E-state index contributed by atoms with van der Waals surface area (Å²) < 4.78 is 32.6. The van der Waals surface area contributed by atoms with Gasteiger partial charge in [0.1, 0.15) is 12.0 Å². The molecule has 0 spiro atoms. The lowest BCUT2D eigenvalue weighted by atomic mass is 10.1. The first kappa shape index (κ1) is 14.5. The average molecular weight is 297 g/mol. The highest BCUT2D eigenvalue weighted by atomic mass is 35.5. The Hall–Kier alpha value is -1.94. The van der Waals surface area contributed by atoms with Gasteiger partial charge in [0.2, 0.25) is 0 Å². The Balaban J connectivity index is 2.37. The molecule has 0 saturated heterocycles. The zero-order chi connectivity index (χ0) is 14.7. The molecule has 0 radical (unpaired) electrons. The van der Waals surface area contributed by atoms with E-state index in [1.165, 1.54) is 6.07 Å². The van der Waals surface area contributed by atoms with Crippen LogP contribution in [0.1, 0.15) is 22.8 Å². The number of rotatable bonds is 4. The molecule has 0 bridgehead atoms. The van der Waals surface area contributed by atoms with Crippen molar-refractivity contribution in [3.8, 4) is 11.5 Å². The van der Waals surface area contributed by atoms with E-state index in [4.69, 9.17) is 16.3 Å². The van der Waals surface area contributed by atoms with Gasteiger partial charge in [-0.1, -0.05) is 18.5 Å². The molecule has 0 unspecified atom stereocenters. The lowest BCUT2D eigenvalue weighted by Crippen LogP contribution is -1.96. The summed E-state index contributed by atoms with van der Waals surface area (Å²) in [6.07, 6.45) is 1.04. The third-order valence-electron chi connectivity index (χ3n) is 2.77. The van der Waals surface area contributed by atoms with Gasteiger partial charge in [0.05, 0.1) is 0 Å². The average Bonchev–Trinajstić information content (AvgIpc) is 2.44. The van der Waals surface area contributed by atoms with Gasteiger partial charge in [0, 0.05) is 10.6 Å². The summed E-state index contributed by atoms with van der Waals surface area (Å²) in [6, 6.07) is 6.58. The van der Waals surface area contributed by atoms with Crippen molar-refractivity contribution in [1.29, 1.82) is 0 Å². The maximum absolute atomic E-state index is 13.7. The molecule has 2 nitrogen and oxygen atoms in total. The summed E-state index contributed by atoms with van der Waals surface area (Å²) in [7, 11) is 0. The molecule has 2 aromatic rings. The Bertz CT molecular complexity index is 633. The van der Waals surface area contributed by atoms with E-state index >= 15 is 0 Å². The Kier molecular flexibility index (Phi) is 4.35. The fraction of sp³-hybridized carbons (Fsp3) is 0.133. The quantitative estimate of drug-likeness (QED) is 0.759. The first-order valence-electron chi connectivity index (χ1n) is 5.95. The number of hydrogen-bond donors (Lipinski definition) is 0. The van der Waals surface area contributed by atoms with E-state index in [1.54, 1.807) is 12.1 Å². The number of halogens is 3. The molecule has 0 atom stereocenters. The van der Waals surface area contributed by atoms with Crippen molar-refractivity contribution in [2.75, 3.05) is 0 Å². The van der Waals surface area contributed by atoms with E-state index in [-0.39, 0.29) is 11.3 Å². The number of benzene rings is 2. The Morgan fingerprint density at radius 3 is 2.40 bits per heavy atom. The number of aldehydes is 1. The van der Waals surface area contributed by atoms with Crippen LogP contribution < -0.4 is 4.74 Å². The third-order valence-corrected chi connectivity index (χ3v) is 3.14. The van der Waals surface area contributed by atoms with E-state index in [9.17, 15) is 13.6 Å². The van der Waals surface area contributed by atoms with Crippen LogP contribution in [0.3, 0.4) is 0 Å². The zero-order valence-electron chi connectivity index (χ0n) is 10.6. The highest BCUT2D eigenvalue weighted by Crippen LogP contribution is 2.30. The monoisotopic (exact) mass is 296 g/mol. The van der Waals surface area contributed by atoms with Gasteiger partial charge in [-0.3, -0.25) is 4.79 Å². The Morgan fingerprint density at radius 2 is 1.85 bits per heavy atom. The van der Waals surface area contributed by atoms with Crippen LogP contribution in [-0.4, -0.2) is 6.29 Å². The van der Waals surface area contributed by atoms with Crippen LogP contribution in [0.15, 0.2) is 30.3 Å². The molecule has 2 rings (SSSR count). The summed E-state index contributed by atoms with van der Waals surface area (Å²) in [5.41, 5.74) is 0.729. The van der Waals surface area contributed by atoms with Gasteiger partial charge >= 0.3 is 0 Å². The second-order valence-corrected chi connectivity index (χ2v) is 4.55. The largest absolute Gasteiger partial charge is 0.451 e. The van der Waals surface area contributed by atoms with E-state index in [2.05, 4.69) is 0 Å². The van der Waals surface area contributed by atoms with Crippen LogP contribution in [0.5, 0.6) is 11.5 Å². The lowest BCUT2D eigenvalue weighted by molar-refractivity contribution is 0.112. The van der Waals surface area contributed by atoms with Gasteiger partial charge in [-0.05, 0) is 42.3 Å². The Morgan fingerprint density at radius 1 is 1.20 bits per heavy atom. The molecule has 0 fully saturated rings. The molecule has 0 amide bonds. The minimum absolute atomic E-state index is 0.0855. The highest BCUT2D eigenvalue weighted by Gasteiger charge is 2.14. The smallest absolute Gasteiger partial charge is 0.198 e. The van der Waals surface area contributed by atoms with Gasteiger partial charge in [-0.15, -0.1) is 0 Å². The molecule has 5 heteroatoms. The molecular formula is C15H11ClF2O2. The first-order chi connectivity index (χ1) is 9.55. The first-order valence-corrected chi connectivity index (χ1v) is 6.33. The summed E-state index contributed by atoms with van der Waals surface area (Å²) in [4.78, 5) is 10.5. The van der Waals surface area contributed by atoms with Gasteiger partial charge in [0.15, 0.2) is 17.4 Å². The summed E-state index contributed by atoms with van der Waals surface area (Å²) in [5.74, 6) is -2.12. The molecule has 0 N–H and O–H groups in total. The second kappa shape index (κ2) is 6.01. The van der Waals surface area contributed by atoms with Crippen LogP contribution in [0.25, 0.3) is 0 Å². The normalized spacial score (nSPS) is 10.4. The van der Waals surface area contributed by atoms with Gasteiger partial charge < -0.3 is 4.74 Å². The number of aryl methyl sites for hydroxylation is 1. The van der Waals surface area contributed by atoms with Crippen LogP contribution in [0.2, 0.25) is 5.02 Å². The molecule has 104 valence electrons. The molecule has 20 heavy (non-hydrogen) atoms. The van der Waals surface area contributed by atoms with E-state index in [1.807, 2.05) is 6.92 Å². The third kappa shape index (κ3) is 2.96. The van der Waals surface area contributed by atoms with Crippen molar-refractivity contribution in [3.63, 3.8) is 0 Å². The van der Waals surface area contributed by atoms with Crippen LogP contribution in [0, 0.1) is 11.6 Å². The molecule has 0 saturated carbocycles. The molecule has 2 aromatic carbocycles. The van der Waals surface area contributed by atoms with Crippen LogP contribution in [-0.2, 0) is 6.42 Å². The number of carbonyl (C=O) groups is 1. The summed E-state index contributed by atoms with van der Waals surface area (Å²) in [6.45, 7) is 1.91. The maximum Gasteiger partial charge on any atom is 0.198 e. The van der Waals surface area contributed by atoms with E-state index in [0.29, 0.717) is 17.7 Å². The standard InChI is InChI=1S/C15H11ClF2O2/c1-2-10-7-11(3-4-12(10)16)20-15-13(17)5-9(8-19)6-14(15)18/h3-8H,2H2,1H3.